The minimum absolute atomic E-state index is 0.367. The lowest BCUT2D eigenvalue weighted by Crippen LogP contribution is -2.13. The Kier molecular flexibility index (Phi) is 5.01. The Bertz CT molecular complexity index is 564. The molecule has 0 aliphatic rings. The van der Waals surface area contributed by atoms with Crippen molar-refractivity contribution in [1.29, 1.82) is 0 Å². The number of rotatable bonds is 5. The van der Waals surface area contributed by atoms with Crippen LogP contribution >= 0.6 is 11.3 Å². The van der Waals surface area contributed by atoms with Gasteiger partial charge in [-0.15, -0.1) is 11.3 Å². The number of anilines is 2. The zero-order valence-electron chi connectivity index (χ0n) is 11.6. The molecule has 0 aliphatic carbocycles. The quantitative estimate of drug-likeness (QED) is 0.866. The topological polar surface area (TPSA) is 50.4 Å². The predicted molar refractivity (Wildman–Crippen MR) is 83.5 cm³/mol. The van der Waals surface area contributed by atoms with E-state index in [1.54, 1.807) is 18.3 Å². The average Bonchev–Trinajstić information content (AvgIpc) is 2.84. The summed E-state index contributed by atoms with van der Waals surface area (Å²) in [6.45, 7) is 5.07. The summed E-state index contributed by atoms with van der Waals surface area (Å²) in [5.74, 6) is 0. The molecule has 0 saturated heterocycles. The number of nitrogens with one attached hydrogen (secondary N) is 2. The first-order valence-electron chi connectivity index (χ1n) is 6.49. The van der Waals surface area contributed by atoms with Gasteiger partial charge in [-0.1, -0.05) is 0 Å². The molecule has 0 bridgehead atoms. The lowest BCUT2D eigenvalue weighted by Gasteiger charge is -2.08. The highest BCUT2D eigenvalue weighted by Crippen LogP contribution is 2.19. The summed E-state index contributed by atoms with van der Waals surface area (Å²) in [7, 11) is 0. The van der Waals surface area contributed by atoms with Crippen molar-refractivity contribution in [2.24, 2.45) is 0 Å². The molecule has 1 aromatic heterocycles. The molecule has 1 heterocycles. The Morgan fingerprint density at radius 1 is 1.20 bits per heavy atom. The normalized spacial score (nSPS) is 10.1. The van der Waals surface area contributed by atoms with Gasteiger partial charge in [0, 0.05) is 22.8 Å². The summed E-state index contributed by atoms with van der Waals surface area (Å²) in [6, 6.07) is 9.68. The van der Waals surface area contributed by atoms with Crippen LogP contribution in [0.25, 0.3) is 0 Å². The molecule has 0 unspecified atom stereocenters. The second-order valence-corrected chi connectivity index (χ2v) is 5.30. The van der Waals surface area contributed by atoms with Crippen molar-refractivity contribution in [3.8, 4) is 0 Å². The SMILES string of the molecule is CCOC(=O)Nc1ccc(NCc2sccc2C)cc1. The van der Waals surface area contributed by atoms with Gasteiger partial charge in [0.15, 0.2) is 0 Å². The highest BCUT2D eigenvalue weighted by Gasteiger charge is 2.02. The van der Waals surface area contributed by atoms with Crippen molar-refractivity contribution < 1.29 is 9.53 Å². The molecule has 0 aliphatic heterocycles. The molecule has 4 nitrogen and oxygen atoms in total. The van der Waals surface area contributed by atoms with Crippen molar-refractivity contribution >= 4 is 28.8 Å². The van der Waals surface area contributed by atoms with Crippen molar-refractivity contribution in [2.45, 2.75) is 20.4 Å². The predicted octanol–water partition coefficient (Wildman–Crippen LogP) is 4.24. The Hall–Kier alpha value is -2.01. The average molecular weight is 290 g/mol. The number of carbonyl (C=O) groups excluding carboxylic acids is 1. The largest absolute Gasteiger partial charge is 0.450 e. The molecular formula is C15H18N2O2S. The zero-order chi connectivity index (χ0) is 14.4. The number of hydrogen-bond acceptors (Lipinski definition) is 4. The molecule has 2 rings (SSSR count). The maximum Gasteiger partial charge on any atom is 0.411 e. The van der Waals surface area contributed by atoms with Gasteiger partial charge in [0.1, 0.15) is 0 Å². The van der Waals surface area contributed by atoms with Crippen molar-refractivity contribution in [2.75, 3.05) is 17.2 Å². The van der Waals surface area contributed by atoms with Crippen LogP contribution in [0.2, 0.25) is 0 Å². The molecule has 1 amide bonds. The minimum atomic E-state index is -0.428. The van der Waals surface area contributed by atoms with E-state index in [9.17, 15) is 4.79 Å². The van der Waals surface area contributed by atoms with Gasteiger partial charge in [0.25, 0.3) is 0 Å². The fourth-order valence-corrected chi connectivity index (χ4v) is 2.57. The molecule has 0 spiro atoms. The highest BCUT2D eigenvalue weighted by molar-refractivity contribution is 7.10. The third kappa shape index (κ3) is 3.99. The highest BCUT2D eigenvalue weighted by atomic mass is 32.1. The number of thiophene rings is 1. The minimum Gasteiger partial charge on any atom is -0.450 e. The Morgan fingerprint density at radius 2 is 1.90 bits per heavy atom. The Balaban J connectivity index is 1.88. The number of aryl methyl sites for hydroxylation is 1. The third-order valence-corrected chi connectivity index (χ3v) is 3.85. The number of ether oxygens (including phenoxy) is 1. The molecular weight excluding hydrogens is 272 g/mol. The van der Waals surface area contributed by atoms with Crippen LogP contribution in [0.4, 0.5) is 16.2 Å². The van der Waals surface area contributed by atoms with Crippen molar-refractivity contribution in [3.05, 3.63) is 46.2 Å². The van der Waals surface area contributed by atoms with Gasteiger partial charge in [0.05, 0.1) is 6.61 Å². The molecule has 0 saturated carbocycles. The number of carbonyl (C=O) groups is 1. The van der Waals surface area contributed by atoms with Gasteiger partial charge in [-0.25, -0.2) is 4.79 Å². The first kappa shape index (κ1) is 14.4. The third-order valence-electron chi connectivity index (χ3n) is 2.83. The molecule has 20 heavy (non-hydrogen) atoms. The van der Waals surface area contributed by atoms with E-state index in [-0.39, 0.29) is 0 Å². The number of hydrogen-bond donors (Lipinski definition) is 2. The summed E-state index contributed by atoms with van der Waals surface area (Å²) >= 11 is 1.75. The second kappa shape index (κ2) is 6.96. The molecule has 0 atom stereocenters. The monoisotopic (exact) mass is 290 g/mol. The van der Waals surface area contributed by atoms with E-state index in [1.165, 1.54) is 10.4 Å². The molecule has 2 aromatic rings. The van der Waals surface area contributed by atoms with E-state index in [4.69, 9.17) is 4.74 Å². The van der Waals surface area contributed by atoms with Gasteiger partial charge in [-0.2, -0.15) is 0 Å². The second-order valence-electron chi connectivity index (χ2n) is 4.30. The zero-order valence-corrected chi connectivity index (χ0v) is 12.4. The van der Waals surface area contributed by atoms with E-state index in [2.05, 4.69) is 29.0 Å². The molecule has 106 valence electrons. The molecule has 2 N–H and O–H groups in total. The number of benzene rings is 1. The molecule has 1 aromatic carbocycles. The van der Waals surface area contributed by atoms with Gasteiger partial charge >= 0.3 is 6.09 Å². The Labute approximate surface area is 122 Å². The summed E-state index contributed by atoms with van der Waals surface area (Å²) in [4.78, 5) is 12.6. The van der Waals surface area contributed by atoms with E-state index < -0.39 is 6.09 Å². The molecule has 5 heteroatoms. The fourth-order valence-electron chi connectivity index (χ4n) is 1.72. The maximum absolute atomic E-state index is 11.3. The first-order chi connectivity index (χ1) is 9.69. The van der Waals surface area contributed by atoms with E-state index in [0.29, 0.717) is 6.61 Å². The number of amides is 1. The van der Waals surface area contributed by atoms with Crippen LogP contribution < -0.4 is 10.6 Å². The molecule has 0 fully saturated rings. The molecule has 0 radical (unpaired) electrons. The van der Waals surface area contributed by atoms with Crippen LogP contribution in [0.5, 0.6) is 0 Å². The fraction of sp³-hybridized carbons (Fsp3) is 0.267. The van der Waals surface area contributed by atoms with Crippen molar-refractivity contribution in [1.82, 2.24) is 0 Å². The van der Waals surface area contributed by atoms with Crippen LogP contribution in [-0.2, 0) is 11.3 Å². The van der Waals surface area contributed by atoms with Gasteiger partial charge in [-0.3, -0.25) is 5.32 Å². The summed E-state index contributed by atoms with van der Waals surface area (Å²) < 4.78 is 4.82. The van der Waals surface area contributed by atoms with E-state index in [0.717, 1.165) is 17.9 Å². The lowest BCUT2D eigenvalue weighted by molar-refractivity contribution is 0.168. The standard InChI is InChI=1S/C15H18N2O2S/c1-3-19-15(18)17-13-6-4-12(5-7-13)16-10-14-11(2)8-9-20-14/h4-9,16H,3,10H2,1-2H3,(H,17,18). The van der Waals surface area contributed by atoms with Gasteiger partial charge in [0.2, 0.25) is 0 Å². The van der Waals surface area contributed by atoms with Crippen LogP contribution in [0.1, 0.15) is 17.4 Å². The first-order valence-corrected chi connectivity index (χ1v) is 7.37. The summed E-state index contributed by atoms with van der Waals surface area (Å²) in [5, 5.41) is 8.12. The lowest BCUT2D eigenvalue weighted by atomic mass is 10.2. The maximum atomic E-state index is 11.3. The van der Waals surface area contributed by atoms with Crippen LogP contribution in [0.15, 0.2) is 35.7 Å². The van der Waals surface area contributed by atoms with Crippen LogP contribution in [0.3, 0.4) is 0 Å². The van der Waals surface area contributed by atoms with Crippen molar-refractivity contribution in [3.63, 3.8) is 0 Å². The van der Waals surface area contributed by atoms with Crippen LogP contribution in [-0.4, -0.2) is 12.7 Å². The Morgan fingerprint density at radius 3 is 2.50 bits per heavy atom. The van der Waals surface area contributed by atoms with E-state index in [1.807, 2.05) is 24.3 Å². The van der Waals surface area contributed by atoms with Gasteiger partial charge < -0.3 is 10.1 Å². The summed E-state index contributed by atoms with van der Waals surface area (Å²) in [6.07, 6.45) is -0.428. The van der Waals surface area contributed by atoms with Crippen LogP contribution in [0, 0.1) is 6.92 Å². The summed E-state index contributed by atoms with van der Waals surface area (Å²) in [5.41, 5.74) is 3.05. The van der Waals surface area contributed by atoms with E-state index >= 15 is 0 Å². The smallest absolute Gasteiger partial charge is 0.411 e. The van der Waals surface area contributed by atoms with Gasteiger partial charge in [-0.05, 0) is 55.1 Å².